The second kappa shape index (κ2) is 11.8. The molecular formula is C33H36N4O4. The summed E-state index contributed by atoms with van der Waals surface area (Å²) in [6.07, 6.45) is 0. The van der Waals surface area contributed by atoms with E-state index in [9.17, 15) is 9.59 Å². The van der Waals surface area contributed by atoms with Crippen LogP contribution >= 0.6 is 0 Å². The molecule has 0 aliphatic carbocycles. The number of ether oxygens (including phenoxy) is 2. The van der Waals surface area contributed by atoms with Crippen molar-refractivity contribution in [2.75, 3.05) is 45.7 Å². The number of carbonyl (C=O) groups excluding carboxylic acids is 2. The van der Waals surface area contributed by atoms with Crippen molar-refractivity contribution in [1.82, 2.24) is 14.4 Å². The maximum atomic E-state index is 13.9. The van der Waals surface area contributed by atoms with Crippen LogP contribution in [0.15, 0.2) is 72.8 Å². The van der Waals surface area contributed by atoms with Crippen molar-refractivity contribution in [3.8, 4) is 28.4 Å². The molecule has 1 saturated heterocycles. The number of hydrogen-bond donors (Lipinski definition) is 1. The summed E-state index contributed by atoms with van der Waals surface area (Å²) in [6.45, 7) is 7.88. The normalized spacial score (nSPS) is 13.2. The Hall–Kier alpha value is -4.72. The third kappa shape index (κ3) is 5.63. The maximum absolute atomic E-state index is 13.9. The number of piperazine rings is 1. The number of rotatable bonds is 6. The van der Waals surface area contributed by atoms with Gasteiger partial charge in [0.25, 0.3) is 5.91 Å². The average Bonchev–Trinajstić information content (AvgIpc) is 3.35. The Morgan fingerprint density at radius 3 is 2.07 bits per heavy atom. The van der Waals surface area contributed by atoms with E-state index < -0.39 is 0 Å². The highest BCUT2D eigenvalue weighted by Crippen LogP contribution is 2.35. The molecule has 0 atom stereocenters. The molecule has 0 radical (unpaired) electrons. The molecule has 212 valence electrons. The van der Waals surface area contributed by atoms with Crippen LogP contribution in [-0.4, -0.2) is 66.7 Å². The van der Waals surface area contributed by atoms with Gasteiger partial charge in [0.2, 0.25) is 0 Å². The zero-order chi connectivity index (χ0) is 29.1. The smallest absolute Gasteiger partial charge is 0.321 e. The van der Waals surface area contributed by atoms with Gasteiger partial charge in [-0.2, -0.15) is 0 Å². The largest absolute Gasteiger partial charge is 0.493 e. The number of benzene rings is 3. The molecule has 3 amide bonds. The number of aromatic nitrogens is 1. The minimum atomic E-state index is -0.150. The lowest BCUT2D eigenvalue weighted by Crippen LogP contribution is -2.51. The van der Waals surface area contributed by atoms with Crippen LogP contribution in [0.2, 0.25) is 0 Å². The Morgan fingerprint density at radius 1 is 0.732 bits per heavy atom. The Kier molecular flexibility index (Phi) is 8.01. The number of anilines is 1. The summed E-state index contributed by atoms with van der Waals surface area (Å²) in [5.74, 6) is 1.20. The number of carbonyl (C=O) groups is 2. The van der Waals surface area contributed by atoms with Gasteiger partial charge in [-0.05, 0) is 67.8 Å². The topological polar surface area (TPSA) is 76.0 Å². The molecule has 1 aromatic heterocycles. The monoisotopic (exact) mass is 552 g/mol. The van der Waals surface area contributed by atoms with Crippen molar-refractivity contribution in [1.29, 1.82) is 0 Å². The number of urea groups is 1. The maximum Gasteiger partial charge on any atom is 0.321 e. The molecule has 5 rings (SSSR count). The fraction of sp³-hybridized carbons (Fsp3) is 0.273. The molecule has 1 fully saturated rings. The van der Waals surface area contributed by atoms with E-state index in [4.69, 9.17) is 9.47 Å². The van der Waals surface area contributed by atoms with Crippen LogP contribution in [0.25, 0.3) is 16.9 Å². The molecule has 2 heterocycles. The van der Waals surface area contributed by atoms with Gasteiger partial charge in [0.1, 0.15) is 0 Å². The van der Waals surface area contributed by atoms with Crippen LogP contribution in [0.4, 0.5) is 10.5 Å². The molecule has 1 aliphatic rings. The minimum Gasteiger partial charge on any atom is -0.493 e. The van der Waals surface area contributed by atoms with Crippen LogP contribution in [0.5, 0.6) is 11.5 Å². The highest BCUT2D eigenvalue weighted by Gasteiger charge is 2.28. The summed E-state index contributed by atoms with van der Waals surface area (Å²) in [6, 6.07) is 23.5. The summed E-state index contributed by atoms with van der Waals surface area (Å²) < 4.78 is 13.1. The van der Waals surface area contributed by atoms with Gasteiger partial charge in [-0.1, -0.05) is 36.4 Å². The molecule has 1 aliphatic heterocycles. The number of hydrogen-bond acceptors (Lipinski definition) is 4. The Bertz CT molecular complexity index is 1570. The summed E-state index contributed by atoms with van der Waals surface area (Å²) in [7, 11) is 3.22. The summed E-state index contributed by atoms with van der Waals surface area (Å²) in [4.78, 5) is 30.4. The van der Waals surface area contributed by atoms with Crippen LogP contribution in [0, 0.1) is 20.8 Å². The van der Waals surface area contributed by atoms with E-state index in [2.05, 4.69) is 9.88 Å². The number of aryl methyl sites for hydroxylation is 2. The molecule has 8 nitrogen and oxygen atoms in total. The zero-order valence-electron chi connectivity index (χ0n) is 24.2. The van der Waals surface area contributed by atoms with E-state index in [-0.39, 0.29) is 11.9 Å². The molecule has 41 heavy (non-hydrogen) atoms. The second-order valence-corrected chi connectivity index (χ2v) is 10.3. The number of nitrogens with one attached hydrogen (secondary N) is 1. The summed E-state index contributed by atoms with van der Waals surface area (Å²) >= 11 is 0. The Labute approximate surface area is 241 Å². The molecule has 0 bridgehead atoms. The van der Waals surface area contributed by atoms with E-state index in [1.807, 2.05) is 98.5 Å². The van der Waals surface area contributed by atoms with Crippen molar-refractivity contribution < 1.29 is 19.1 Å². The van der Waals surface area contributed by atoms with Crippen LogP contribution < -0.4 is 14.8 Å². The van der Waals surface area contributed by atoms with E-state index >= 15 is 0 Å². The first-order valence-electron chi connectivity index (χ1n) is 13.7. The van der Waals surface area contributed by atoms with Gasteiger partial charge in [-0.25, -0.2) is 4.79 Å². The number of methoxy groups -OCH3 is 2. The van der Waals surface area contributed by atoms with Crippen molar-refractivity contribution in [3.05, 3.63) is 95.2 Å². The SMILES string of the molecule is COc1ccc(-n2c(-c3ccccc3)cc(C(=O)N3CCN(C(=O)Nc4ccc(C)c(C)c4)CC3)c2C)cc1OC. The Balaban J connectivity index is 1.38. The van der Waals surface area contributed by atoms with Gasteiger partial charge in [0.05, 0.1) is 25.5 Å². The fourth-order valence-electron chi connectivity index (χ4n) is 5.25. The van der Waals surface area contributed by atoms with Crippen LogP contribution in [0.3, 0.4) is 0 Å². The predicted molar refractivity (Wildman–Crippen MR) is 161 cm³/mol. The molecular weight excluding hydrogens is 516 g/mol. The molecule has 0 saturated carbocycles. The molecule has 0 unspecified atom stereocenters. The average molecular weight is 553 g/mol. The standard InChI is InChI=1S/C33H36N4O4/c1-22-11-12-26(19-23(22)2)34-33(39)36-17-15-35(16-18-36)32(38)28-21-29(25-9-7-6-8-10-25)37(24(28)3)27-13-14-30(40-4)31(20-27)41-5/h6-14,19-21H,15-18H2,1-5H3,(H,34,39). The first-order valence-corrected chi connectivity index (χ1v) is 13.7. The lowest BCUT2D eigenvalue weighted by atomic mass is 10.1. The van der Waals surface area contributed by atoms with Crippen molar-refractivity contribution >= 4 is 17.6 Å². The van der Waals surface area contributed by atoms with Crippen molar-refractivity contribution in [2.45, 2.75) is 20.8 Å². The zero-order valence-corrected chi connectivity index (χ0v) is 24.2. The minimum absolute atomic E-state index is 0.0480. The number of nitrogens with zero attached hydrogens (tertiary/aromatic N) is 3. The third-order valence-electron chi connectivity index (χ3n) is 7.78. The van der Waals surface area contributed by atoms with Gasteiger partial charge >= 0.3 is 6.03 Å². The molecule has 4 aromatic rings. The highest BCUT2D eigenvalue weighted by molar-refractivity contribution is 5.98. The molecule has 1 N–H and O–H groups in total. The van der Waals surface area contributed by atoms with Gasteiger partial charge in [-0.3, -0.25) is 4.79 Å². The van der Waals surface area contributed by atoms with Crippen molar-refractivity contribution in [3.63, 3.8) is 0 Å². The van der Waals surface area contributed by atoms with Gasteiger partial charge in [0, 0.05) is 49.3 Å². The summed E-state index contributed by atoms with van der Waals surface area (Å²) in [5, 5.41) is 2.99. The number of amides is 3. The van der Waals surface area contributed by atoms with E-state index in [0.717, 1.165) is 33.9 Å². The molecule has 3 aromatic carbocycles. The first-order chi connectivity index (χ1) is 19.8. The molecule has 0 spiro atoms. The quantitative estimate of drug-likeness (QED) is 0.315. The van der Waals surface area contributed by atoms with E-state index in [1.165, 1.54) is 5.56 Å². The van der Waals surface area contributed by atoms with Gasteiger partial charge < -0.3 is 29.2 Å². The van der Waals surface area contributed by atoms with E-state index in [1.54, 1.807) is 19.1 Å². The second-order valence-electron chi connectivity index (χ2n) is 10.3. The van der Waals surface area contributed by atoms with Gasteiger partial charge in [0.15, 0.2) is 11.5 Å². The van der Waals surface area contributed by atoms with Crippen LogP contribution in [-0.2, 0) is 0 Å². The lowest BCUT2D eigenvalue weighted by Gasteiger charge is -2.34. The third-order valence-corrected chi connectivity index (χ3v) is 7.78. The fourth-order valence-corrected chi connectivity index (χ4v) is 5.25. The van der Waals surface area contributed by atoms with Crippen molar-refractivity contribution in [2.24, 2.45) is 0 Å². The predicted octanol–water partition coefficient (Wildman–Crippen LogP) is 6.08. The highest BCUT2D eigenvalue weighted by atomic mass is 16.5. The van der Waals surface area contributed by atoms with E-state index in [0.29, 0.717) is 43.2 Å². The first kappa shape index (κ1) is 27.8. The van der Waals surface area contributed by atoms with Gasteiger partial charge in [-0.15, -0.1) is 0 Å². The Morgan fingerprint density at radius 2 is 1.41 bits per heavy atom. The molecule has 8 heteroatoms. The van der Waals surface area contributed by atoms with Crippen LogP contribution in [0.1, 0.15) is 27.2 Å². The summed E-state index contributed by atoms with van der Waals surface area (Å²) in [5.41, 5.74) is 7.32. The lowest BCUT2D eigenvalue weighted by molar-refractivity contribution is 0.0671.